The van der Waals surface area contributed by atoms with Crippen molar-refractivity contribution in [2.24, 2.45) is 0 Å². The highest BCUT2D eigenvalue weighted by molar-refractivity contribution is 9.10. The molecule has 0 heterocycles. The molecule has 0 aliphatic rings. The largest absolute Gasteiger partial charge is 0.503 e. The van der Waals surface area contributed by atoms with Gasteiger partial charge in [0.25, 0.3) is 0 Å². The van der Waals surface area contributed by atoms with Crippen LogP contribution in [0.5, 0.6) is 0 Å². The van der Waals surface area contributed by atoms with Crippen LogP contribution in [-0.2, 0) is 14.3 Å². The predicted molar refractivity (Wildman–Crippen MR) is 106 cm³/mol. The highest BCUT2D eigenvalue weighted by Gasteiger charge is 2.15. The summed E-state index contributed by atoms with van der Waals surface area (Å²) >= 11 is 3.52. The molecule has 0 radical (unpaired) electrons. The van der Waals surface area contributed by atoms with Gasteiger partial charge in [0, 0.05) is 4.47 Å². The minimum absolute atomic E-state index is 0.375. The van der Waals surface area contributed by atoms with Crippen LogP contribution in [-0.4, -0.2) is 20.2 Å². The summed E-state index contributed by atoms with van der Waals surface area (Å²) in [4.78, 5) is 12.0. The fraction of sp³-hybridized carbons (Fsp3) is 0.0952. The van der Waals surface area contributed by atoms with Gasteiger partial charge in [-0.25, -0.2) is 4.79 Å². The Labute approximate surface area is 156 Å². The first kappa shape index (κ1) is 18.7. The number of ether oxygens (including phenoxy) is 2. The van der Waals surface area contributed by atoms with Crippen molar-refractivity contribution in [2.75, 3.05) is 14.2 Å². The van der Waals surface area contributed by atoms with E-state index < -0.39 is 5.97 Å². The number of benzene rings is 2. The molecule has 3 nitrogen and oxygen atoms in total. The average molecular weight is 399 g/mol. The van der Waals surface area contributed by atoms with E-state index in [1.54, 1.807) is 0 Å². The second-order valence-corrected chi connectivity index (χ2v) is 5.94. The number of carbonyl (C=O) groups excluding carboxylic acids is 1. The van der Waals surface area contributed by atoms with E-state index in [1.807, 2.05) is 72.8 Å². The van der Waals surface area contributed by atoms with Gasteiger partial charge >= 0.3 is 5.97 Å². The van der Waals surface area contributed by atoms with E-state index in [2.05, 4.69) is 15.9 Å². The van der Waals surface area contributed by atoms with E-state index in [9.17, 15) is 4.79 Å². The number of methoxy groups -OCH3 is 2. The Morgan fingerprint density at radius 3 is 2.16 bits per heavy atom. The van der Waals surface area contributed by atoms with Gasteiger partial charge < -0.3 is 9.47 Å². The number of esters is 1. The van der Waals surface area contributed by atoms with Crippen LogP contribution in [0.3, 0.4) is 0 Å². The van der Waals surface area contributed by atoms with E-state index in [0.717, 1.165) is 21.2 Å². The molecule has 0 atom stereocenters. The zero-order valence-corrected chi connectivity index (χ0v) is 15.7. The Balaban J connectivity index is 2.27. The third-order valence-corrected chi connectivity index (χ3v) is 4.18. The summed E-state index contributed by atoms with van der Waals surface area (Å²) < 4.78 is 10.9. The average Bonchev–Trinajstić information content (AvgIpc) is 2.64. The highest BCUT2D eigenvalue weighted by atomic mass is 79.9. The van der Waals surface area contributed by atoms with Crippen LogP contribution in [0.15, 0.2) is 71.4 Å². The van der Waals surface area contributed by atoms with Gasteiger partial charge in [-0.1, -0.05) is 82.7 Å². The van der Waals surface area contributed by atoms with Crippen LogP contribution in [0.2, 0.25) is 0 Å². The lowest BCUT2D eigenvalue weighted by atomic mass is 10.00. The number of allylic oxidation sites excluding steroid dienone is 2. The molecular weight excluding hydrogens is 380 g/mol. The molecule has 2 aromatic carbocycles. The molecule has 25 heavy (non-hydrogen) atoms. The molecule has 0 aliphatic heterocycles. The molecule has 2 aromatic rings. The topological polar surface area (TPSA) is 35.5 Å². The van der Waals surface area contributed by atoms with Crippen molar-refractivity contribution in [1.29, 1.82) is 0 Å². The maximum absolute atomic E-state index is 12.0. The van der Waals surface area contributed by atoms with Crippen LogP contribution in [0.25, 0.3) is 17.7 Å². The third kappa shape index (κ3) is 5.19. The van der Waals surface area contributed by atoms with Crippen molar-refractivity contribution in [1.82, 2.24) is 0 Å². The summed E-state index contributed by atoms with van der Waals surface area (Å²) in [6.07, 6.45) is 9.23. The van der Waals surface area contributed by atoms with Gasteiger partial charge in [-0.2, -0.15) is 0 Å². The number of hydrogen-bond donors (Lipinski definition) is 0. The SMILES string of the molecule is CO/C=C(/C(=O)OC)c1ccccc1C=C/C=C/c1ccccc1Br. The van der Waals surface area contributed by atoms with Crippen LogP contribution in [0, 0.1) is 0 Å². The summed E-state index contributed by atoms with van der Waals surface area (Å²) in [6.45, 7) is 0. The standard InChI is InChI=1S/C21H19BrO3/c1-24-15-19(21(23)25-2)18-13-7-5-10-16(18)9-3-4-11-17-12-6-8-14-20(17)22/h3-15H,1-2H3/b9-3?,11-4+,19-15+. The molecule has 0 aromatic heterocycles. The first-order valence-corrected chi connectivity index (χ1v) is 8.46. The van der Waals surface area contributed by atoms with Gasteiger partial charge in [-0.3, -0.25) is 0 Å². The van der Waals surface area contributed by atoms with Crippen LogP contribution in [0.4, 0.5) is 0 Å². The first-order valence-electron chi connectivity index (χ1n) is 7.67. The third-order valence-electron chi connectivity index (χ3n) is 3.46. The molecule has 128 valence electrons. The van der Waals surface area contributed by atoms with Crippen LogP contribution < -0.4 is 0 Å². The molecule has 0 fully saturated rings. The van der Waals surface area contributed by atoms with Crippen molar-refractivity contribution in [3.8, 4) is 0 Å². The molecule has 0 saturated heterocycles. The van der Waals surface area contributed by atoms with Crippen molar-refractivity contribution in [2.45, 2.75) is 0 Å². The first-order chi connectivity index (χ1) is 12.2. The predicted octanol–water partition coefficient (Wildman–Crippen LogP) is 5.34. The zero-order valence-electron chi connectivity index (χ0n) is 14.1. The number of halogens is 1. The van der Waals surface area contributed by atoms with Gasteiger partial charge in [0.1, 0.15) is 5.57 Å². The monoisotopic (exact) mass is 398 g/mol. The minimum Gasteiger partial charge on any atom is -0.503 e. The maximum Gasteiger partial charge on any atom is 0.341 e. The van der Waals surface area contributed by atoms with E-state index in [4.69, 9.17) is 9.47 Å². The number of rotatable bonds is 6. The highest BCUT2D eigenvalue weighted by Crippen LogP contribution is 2.22. The second-order valence-electron chi connectivity index (χ2n) is 5.09. The summed E-state index contributed by atoms with van der Waals surface area (Å²) in [7, 11) is 2.85. The lowest BCUT2D eigenvalue weighted by Crippen LogP contribution is -2.05. The Kier molecular flexibility index (Phi) is 7.23. The van der Waals surface area contributed by atoms with Crippen molar-refractivity contribution >= 4 is 39.6 Å². The maximum atomic E-state index is 12.0. The van der Waals surface area contributed by atoms with Crippen molar-refractivity contribution < 1.29 is 14.3 Å². The normalized spacial score (nSPS) is 11.9. The molecule has 0 unspecified atom stereocenters. The second kappa shape index (κ2) is 9.64. The fourth-order valence-corrected chi connectivity index (χ4v) is 2.68. The minimum atomic E-state index is -0.438. The zero-order chi connectivity index (χ0) is 18.1. The molecule has 0 spiro atoms. The molecule has 2 rings (SSSR count). The summed E-state index contributed by atoms with van der Waals surface area (Å²) in [6, 6.07) is 15.6. The van der Waals surface area contributed by atoms with E-state index in [1.165, 1.54) is 20.5 Å². The smallest absolute Gasteiger partial charge is 0.341 e. The Morgan fingerprint density at radius 1 is 0.920 bits per heavy atom. The Morgan fingerprint density at radius 2 is 1.52 bits per heavy atom. The molecule has 0 saturated carbocycles. The van der Waals surface area contributed by atoms with Crippen molar-refractivity contribution in [3.05, 3.63) is 88.1 Å². The summed E-state index contributed by atoms with van der Waals surface area (Å²) in [5.41, 5.74) is 3.12. The quantitative estimate of drug-likeness (QED) is 0.285. The fourth-order valence-electron chi connectivity index (χ4n) is 2.27. The van der Waals surface area contributed by atoms with Gasteiger partial charge in [-0.15, -0.1) is 0 Å². The summed E-state index contributed by atoms with van der Waals surface area (Å²) in [5.74, 6) is -0.438. The van der Waals surface area contributed by atoms with Gasteiger partial charge in [-0.05, 0) is 22.8 Å². The number of carbonyl (C=O) groups is 1. The molecule has 0 bridgehead atoms. The molecule has 4 heteroatoms. The van der Waals surface area contributed by atoms with Crippen molar-refractivity contribution in [3.63, 3.8) is 0 Å². The molecule has 0 aliphatic carbocycles. The lowest BCUT2D eigenvalue weighted by molar-refractivity contribution is -0.133. The van der Waals surface area contributed by atoms with E-state index in [-0.39, 0.29) is 0 Å². The van der Waals surface area contributed by atoms with Crippen LogP contribution in [0.1, 0.15) is 16.7 Å². The number of hydrogen-bond acceptors (Lipinski definition) is 3. The Hall–Kier alpha value is -2.59. The van der Waals surface area contributed by atoms with E-state index in [0.29, 0.717) is 5.57 Å². The van der Waals surface area contributed by atoms with Crippen LogP contribution >= 0.6 is 15.9 Å². The van der Waals surface area contributed by atoms with Gasteiger partial charge in [0.2, 0.25) is 0 Å². The molecule has 0 amide bonds. The summed E-state index contributed by atoms with van der Waals surface area (Å²) in [5, 5.41) is 0. The van der Waals surface area contributed by atoms with E-state index >= 15 is 0 Å². The van der Waals surface area contributed by atoms with Gasteiger partial charge in [0.05, 0.1) is 20.5 Å². The molecule has 0 N–H and O–H groups in total. The van der Waals surface area contributed by atoms with Gasteiger partial charge in [0.15, 0.2) is 0 Å². The molecular formula is C21H19BrO3. The Bertz CT molecular complexity index is 819. The lowest BCUT2D eigenvalue weighted by Gasteiger charge is -2.08.